The van der Waals surface area contributed by atoms with E-state index in [2.05, 4.69) is 6.92 Å². The van der Waals surface area contributed by atoms with Gasteiger partial charge in [0, 0.05) is 24.2 Å². The number of nitrogens with zero attached hydrogens (tertiary/aromatic N) is 1. The zero-order chi connectivity index (χ0) is 15.2. The summed E-state index contributed by atoms with van der Waals surface area (Å²) >= 11 is 0. The summed E-state index contributed by atoms with van der Waals surface area (Å²) < 4.78 is 0. The van der Waals surface area contributed by atoms with Crippen LogP contribution in [0, 0.1) is 0 Å². The molecule has 1 aliphatic carbocycles. The van der Waals surface area contributed by atoms with Crippen LogP contribution in [0.2, 0.25) is 0 Å². The van der Waals surface area contributed by atoms with Gasteiger partial charge in [0.05, 0.1) is 0 Å². The maximum atomic E-state index is 12.6. The summed E-state index contributed by atoms with van der Waals surface area (Å²) in [6, 6.07) is 7.52. The summed E-state index contributed by atoms with van der Waals surface area (Å²) in [5, 5.41) is 8.66. The number of benzene rings is 1. The van der Waals surface area contributed by atoms with Crippen LogP contribution >= 0.6 is 0 Å². The third-order valence-electron chi connectivity index (χ3n) is 3.55. The molecule has 4 nitrogen and oxygen atoms in total. The fourth-order valence-electron chi connectivity index (χ4n) is 2.27. The molecule has 1 saturated carbocycles. The van der Waals surface area contributed by atoms with Crippen LogP contribution in [0.15, 0.2) is 30.3 Å². The molecular formula is C17H21NO3. The third-order valence-corrected chi connectivity index (χ3v) is 3.55. The van der Waals surface area contributed by atoms with Gasteiger partial charge in [-0.05, 0) is 43.0 Å². The Morgan fingerprint density at radius 1 is 1.38 bits per heavy atom. The number of carbonyl (C=O) groups excluding carboxylic acids is 1. The first-order valence-electron chi connectivity index (χ1n) is 7.44. The molecular weight excluding hydrogens is 266 g/mol. The maximum Gasteiger partial charge on any atom is 0.328 e. The maximum absolute atomic E-state index is 12.6. The van der Waals surface area contributed by atoms with Crippen molar-refractivity contribution in [1.29, 1.82) is 0 Å². The molecule has 0 aromatic heterocycles. The highest BCUT2D eigenvalue weighted by atomic mass is 16.4. The van der Waals surface area contributed by atoms with Crippen LogP contribution in [0.5, 0.6) is 0 Å². The normalized spacial score (nSPS) is 14.3. The number of amides is 1. The number of rotatable bonds is 7. The largest absolute Gasteiger partial charge is 0.478 e. The van der Waals surface area contributed by atoms with Crippen molar-refractivity contribution in [2.45, 2.75) is 38.6 Å². The van der Waals surface area contributed by atoms with Crippen molar-refractivity contribution in [2.24, 2.45) is 0 Å². The molecule has 1 amide bonds. The molecule has 0 saturated heterocycles. The van der Waals surface area contributed by atoms with Crippen molar-refractivity contribution in [1.82, 2.24) is 4.90 Å². The Labute approximate surface area is 125 Å². The Balaban J connectivity index is 2.13. The Morgan fingerprint density at radius 3 is 2.76 bits per heavy atom. The molecule has 112 valence electrons. The van der Waals surface area contributed by atoms with E-state index in [-0.39, 0.29) is 5.91 Å². The molecule has 4 heteroatoms. The molecule has 0 spiro atoms. The lowest BCUT2D eigenvalue weighted by Crippen LogP contribution is -2.34. The van der Waals surface area contributed by atoms with Crippen molar-refractivity contribution in [3.05, 3.63) is 41.5 Å². The van der Waals surface area contributed by atoms with Crippen LogP contribution in [-0.2, 0) is 4.79 Å². The quantitative estimate of drug-likeness (QED) is 0.783. The third kappa shape index (κ3) is 4.45. The first kappa shape index (κ1) is 15.3. The lowest BCUT2D eigenvalue weighted by atomic mass is 10.1. The molecule has 1 aliphatic rings. The van der Waals surface area contributed by atoms with Gasteiger partial charge in [-0.15, -0.1) is 0 Å². The van der Waals surface area contributed by atoms with Gasteiger partial charge in [-0.2, -0.15) is 0 Å². The zero-order valence-corrected chi connectivity index (χ0v) is 12.3. The highest BCUT2D eigenvalue weighted by Crippen LogP contribution is 2.28. The summed E-state index contributed by atoms with van der Waals surface area (Å²) in [5.74, 6) is -0.939. The molecule has 0 aliphatic heterocycles. The smallest absolute Gasteiger partial charge is 0.328 e. The average molecular weight is 287 g/mol. The van der Waals surface area contributed by atoms with E-state index in [4.69, 9.17) is 5.11 Å². The Kier molecular flexibility index (Phi) is 5.14. The van der Waals surface area contributed by atoms with E-state index in [0.29, 0.717) is 11.6 Å². The highest BCUT2D eigenvalue weighted by molar-refractivity contribution is 5.95. The summed E-state index contributed by atoms with van der Waals surface area (Å²) in [6.07, 6.45) is 6.85. The molecule has 0 radical (unpaired) electrons. The predicted octanol–water partition coefficient (Wildman–Crippen LogP) is 3.19. The topological polar surface area (TPSA) is 57.6 Å². The van der Waals surface area contributed by atoms with Crippen LogP contribution in [-0.4, -0.2) is 34.5 Å². The molecule has 1 fully saturated rings. The van der Waals surface area contributed by atoms with Crippen molar-refractivity contribution >= 4 is 18.0 Å². The van der Waals surface area contributed by atoms with Gasteiger partial charge in [-0.25, -0.2) is 4.79 Å². The van der Waals surface area contributed by atoms with Gasteiger partial charge >= 0.3 is 5.97 Å². The minimum absolute atomic E-state index is 0.0523. The van der Waals surface area contributed by atoms with Crippen LogP contribution in [0.3, 0.4) is 0 Å². The Hall–Kier alpha value is -2.10. The molecule has 21 heavy (non-hydrogen) atoms. The van der Waals surface area contributed by atoms with Gasteiger partial charge in [0.15, 0.2) is 0 Å². The number of carbonyl (C=O) groups is 2. The van der Waals surface area contributed by atoms with E-state index in [0.717, 1.165) is 43.9 Å². The molecule has 2 rings (SSSR count). The summed E-state index contributed by atoms with van der Waals surface area (Å²) in [5.41, 5.74) is 1.36. The standard InChI is InChI=1S/C17H21NO3/c1-2-3-11-18(15-8-9-15)17(21)14-6-4-5-13(12-14)7-10-16(19)20/h4-7,10,12,15H,2-3,8-9,11H2,1H3,(H,19,20). The van der Waals surface area contributed by atoms with Crippen LogP contribution in [0.25, 0.3) is 6.08 Å². The van der Waals surface area contributed by atoms with Crippen molar-refractivity contribution in [3.8, 4) is 0 Å². The van der Waals surface area contributed by atoms with E-state index in [9.17, 15) is 9.59 Å². The summed E-state index contributed by atoms with van der Waals surface area (Å²) in [7, 11) is 0. The fourth-order valence-corrected chi connectivity index (χ4v) is 2.27. The minimum atomic E-state index is -0.991. The molecule has 0 bridgehead atoms. The van der Waals surface area contributed by atoms with Crippen LogP contribution in [0.1, 0.15) is 48.5 Å². The second kappa shape index (κ2) is 7.07. The molecule has 1 aromatic carbocycles. The van der Waals surface area contributed by atoms with Crippen molar-refractivity contribution < 1.29 is 14.7 Å². The SMILES string of the molecule is CCCCN(C(=O)c1cccc(C=CC(=O)O)c1)C1CC1. The van der Waals surface area contributed by atoms with Crippen molar-refractivity contribution in [3.63, 3.8) is 0 Å². The number of carboxylic acids is 1. The van der Waals surface area contributed by atoms with Gasteiger partial charge in [0.2, 0.25) is 0 Å². The minimum Gasteiger partial charge on any atom is -0.478 e. The van der Waals surface area contributed by atoms with Gasteiger partial charge < -0.3 is 10.0 Å². The molecule has 0 heterocycles. The summed E-state index contributed by atoms with van der Waals surface area (Å²) in [6.45, 7) is 2.92. The van der Waals surface area contributed by atoms with E-state index in [1.807, 2.05) is 4.90 Å². The molecule has 0 unspecified atom stereocenters. The molecule has 1 N–H and O–H groups in total. The second-order valence-corrected chi connectivity index (χ2v) is 5.38. The number of hydrogen-bond acceptors (Lipinski definition) is 2. The van der Waals surface area contributed by atoms with Crippen LogP contribution < -0.4 is 0 Å². The number of unbranched alkanes of at least 4 members (excludes halogenated alkanes) is 1. The monoisotopic (exact) mass is 287 g/mol. The highest BCUT2D eigenvalue weighted by Gasteiger charge is 2.32. The van der Waals surface area contributed by atoms with E-state index in [1.54, 1.807) is 24.3 Å². The zero-order valence-electron chi connectivity index (χ0n) is 12.3. The van der Waals surface area contributed by atoms with Crippen LogP contribution in [0.4, 0.5) is 0 Å². The Bertz CT molecular complexity index is 547. The van der Waals surface area contributed by atoms with Gasteiger partial charge in [-0.1, -0.05) is 25.5 Å². The average Bonchev–Trinajstić information content (AvgIpc) is 3.30. The van der Waals surface area contributed by atoms with Gasteiger partial charge in [0.25, 0.3) is 5.91 Å². The van der Waals surface area contributed by atoms with Crippen molar-refractivity contribution in [2.75, 3.05) is 6.54 Å². The summed E-state index contributed by atoms with van der Waals surface area (Å²) in [4.78, 5) is 25.1. The second-order valence-electron chi connectivity index (χ2n) is 5.38. The van der Waals surface area contributed by atoms with E-state index < -0.39 is 5.97 Å². The lowest BCUT2D eigenvalue weighted by molar-refractivity contribution is -0.131. The Morgan fingerprint density at radius 2 is 2.14 bits per heavy atom. The first-order valence-corrected chi connectivity index (χ1v) is 7.44. The molecule has 1 aromatic rings. The predicted molar refractivity (Wildman–Crippen MR) is 82.1 cm³/mol. The number of carboxylic acid groups (broad SMARTS) is 1. The number of hydrogen-bond donors (Lipinski definition) is 1. The van der Waals surface area contributed by atoms with E-state index >= 15 is 0 Å². The fraction of sp³-hybridized carbons (Fsp3) is 0.412. The lowest BCUT2D eigenvalue weighted by Gasteiger charge is -2.22. The first-order chi connectivity index (χ1) is 10.1. The molecule has 0 atom stereocenters. The van der Waals surface area contributed by atoms with E-state index in [1.165, 1.54) is 6.08 Å². The number of aliphatic carboxylic acids is 1. The van der Waals surface area contributed by atoms with Gasteiger partial charge in [0.1, 0.15) is 0 Å². The van der Waals surface area contributed by atoms with Gasteiger partial charge in [-0.3, -0.25) is 4.79 Å².